The summed E-state index contributed by atoms with van der Waals surface area (Å²) in [5, 5.41) is 7.98. The van der Waals surface area contributed by atoms with Crippen molar-refractivity contribution in [2.75, 3.05) is 16.8 Å². The molecule has 0 radical (unpaired) electrons. The molecule has 1 aliphatic rings. The minimum atomic E-state index is -3.98. The van der Waals surface area contributed by atoms with E-state index in [1.807, 2.05) is 38.1 Å². The lowest BCUT2D eigenvalue weighted by Gasteiger charge is -2.37. The Hall–Kier alpha value is -3.69. The van der Waals surface area contributed by atoms with E-state index in [2.05, 4.69) is 5.32 Å². The van der Waals surface area contributed by atoms with Crippen LogP contribution in [-0.2, 0) is 19.6 Å². The van der Waals surface area contributed by atoms with Gasteiger partial charge in [-0.05, 0) is 55.2 Å². The molecule has 1 atom stereocenters. The first-order valence-corrected chi connectivity index (χ1v) is 12.7. The van der Waals surface area contributed by atoms with E-state index in [1.165, 1.54) is 23.1 Å². The van der Waals surface area contributed by atoms with Crippen LogP contribution in [0.25, 0.3) is 0 Å². The summed E-state index contributed by atoms with van der Waals surface area (Å²) in [6.07, 6.45) is 0.578. The molecule has 0 spiro atoms. The molecule has 0 bridgehead atoms. The summed E-state index contributed by atoms with van der Waals surface area (Å²) < 4.78 is 29.6. The van der Waals surface area contributed by atoms with Crippen molar-refractivity contribution in [2.24, 2.45) is 5.14 Å². The number of nitrogens with one attached hydrogen (secondary N) is 1. The number of nitrogens with two attached hydrogens (primary N) is 1. The summed E-state index contributed by atoms with van der Waals surface area (Å²) in [6.45, 7) is 4.28. The molecule has 9 heteroatoms. The third-order valence-corrected chi connectivity index (χ3v) is 6.81. The van der Waals surface area contributed by atoms with E-state index in [4.69, 9.17) is 9.88 Å². The van der Waals surface area contributed by atoms with Gasteiger partial charge in [-0.25, -0.2) is 13.6 Å². The fraction of sp³-hybridized carbons (Fsp3) is 0.231. The Bertz CT molecular complexity index is 1350. The molecule has 0 saturated heterocycles. The molecule has 0 aliphatic carbocycles. The summed E-state index contributed by atoms with van der Waals surface area (Å²) in [4.78, 5) is 27.9. The Morgan fingerprint density at radius 1 is 1.03 bits per heavy atom. The van der Waals surface area contributed by atoms with Crippen LogP contribution in [0, 0.1) is 13.8 Å². The second-order valence-corrected chi connectivity index (χ2v) is 10.0. The van der Waals surface area contributed by atoms with Crippen LogP contribution in [0.1, 0.15) is 35.6 Å². The van der Waals surface area contributed by atoms with Crippen molar-refractivity contribution in [3.63, 3.8) is 0 Å². The average Bonchev–Trinajstić information content (AvgIpc) is 2.82. The number of carbonyl (C=O) groups is 2. The standard InChI is InChI=1S/C26H27N3O5S/c1-17-8-6-9-18(2)25(17)34-15-7-12-23(30)29-22-14-13-20(35(27,32)33)16-21(22)28-26(31)24(29)19-10-4-3-5-11-19/h3-6,8-11,13-14,16,24H,7,12,15H2,1-2H3,(H,28,31)(H2,27,32,33). The van der Waals surface area contributed by atoms with Crippen LogP contribution in [0.3, 0.4) is 0 Å². The number of anilines is 2. The smallest absolute Gasteiger partial charge is 0.252 e. The normalized spacial score (nSPS) is 15.3. The van der Waals surface area contributed by atoms with Crippen molar-refractivity contribution in [1.82, 2.24) is 0 Å². The van der Waals surface area contributed by atoms with Crippen LogP contribution >= 0.6 is 0 Å². The van der Waals surface area contributed by atoms with Gasteiger partial charge in [0.25, 0.3) is 5.91 Å². The van der Waals surface area contributed by atoms with Gasteiger partial charge in [0.15, 0.2) is 0 Å². The Kier molecular flexibility index (Phi) is 6.90. The summed E-state index contributed by atoms with van der Waals surface area (Å²) >= 11 is 0. The molecule has 2 amide bonds. The van der Waals surface area contributed by atoms with E-state index in [9.17, 15) is 18.0 Å². The maximum absolute atomic E-state index is 13.5. The molecule has 4 rings (SSSR count). The molecule has 0 fully saturated rings. The Balaban J connectivity index is 1.60. The third-order valence-electron chi connectivity index (χ3n) is 5.89. The van der Waals surface area contributed by atoms with Gasteiger partial charge in [0, 0.05) is 6.42 Å². The second-order valence-electron chi connectivity index (χ2n) is 8.46. The van der Waals surface area contributed by atoms with Crippen LogP contribution in [0.5, 0.6) is 5.75 Å². The first-order chi connectivity index (χ1) is 16.7. The van der Waals surface area contributed by atoms with Gasteiger partial charge in [0.2, 0.25) is 15.9 Å². The highest BCUT2D eigenvalue weighted by atomic mass is 32.2. The predicted octanol–water partition coefficient (Wildman–Crippen LogP) is 3.84. The number of sulfonamides is 1. The zero-order chi connectivity index (χ0) is 25.2. The Morgan fingerprint density at radius 2 is 1.71 bits per heavy atom. The van der Waals surface area contributed by atoms with Crippen LogP contribution in [0.4, 0.5) is 11.4 Å². The quantitative estimate of drug-likeness (QED) is 0.485. The molecule has 1 heterocycles. The number of nitrogens with zero attached hydrogens (tertiary/aromatic N) is 1. The lowest BCUT2D eigenvalue weighted by Crippen LogP contribution is -2.45. The number of benzene rings is 3. The highest BCUT2D eigenvalue weighted by Gasteiger charge is 2.38. The largest absolute Gasteiger partial charge is 0.493 e. The molecule has 1 aliphatic heterocycles. The van der Waals surface area contributed by atoms with Gasteiger partial charge in [-0.1, -0.05) is 48.5 Å². The maximum Gasteiger partial charge on any atom is 0.252 e. The van der Waals surface area contributed by atoms with Crippen LogP contribution in [0.15, 0.2) is 71.6 Å². The molecule has 3 aromatic carbocycles. The van der Waals surface area contributed by atoms with Gasteiger partial charge in [0.1, 0.15) is 11.8 Å². The number of ether oxygens (including phenoxy) is 1. The zero-order valence-corrected chi connectivity index (χ0v) is 20.3. The van der Waals surface area contributed by atoms with E-state index in [1.54, 1.807) is 24.3 Å². The molecular weight excluding hydrogens is 466 g/mol. The monoisotopic (exact) mass is 493 g/mol. The number of aryl methyl sites for hydroxylation is 2. The summed E-state index contributed by atoms with van der Waals surface area (Å²) in [7, 11) is -3.98. The Morgan fingerprint density at radius 3 is 2.37 bits per heavy atom. The summed E-state index contributed by atoms with van der Waals surface area (Å²) in [5.41, 5.74) is 3.31. The number of hydrogen-bond donors (Lipinski definition) is 2. The highest BCUT2D eigenvalue weighted by Crippen LogP contribution is 2.40. The van der Waals surface area contributed by atoms with Gasteiger partial charge in [-0.3, -0.25) is 14.5 Å². The van der Waals surface area contributed by atoms with E-state index in [0.29, 0.717) is 24.3 Å². The molecule has 1 unspecified atom stereocenters. The molecule has 0 aromatic heterocycles. The minimum absolute atomic E-state index is 0.137. The second kappa shape index (κ2) is 9.89. The van der Waals surface area contributed by atoms with E-state index in [0.717, 1.165) is 16.9 Å². The molecule has 182 valence electrons. The van der Waals surface area contributed by atoms with Crippen molar-refractivity contribution < 1.29 is 22.7 Å². The SMILES string of the molecule is Cc1cccc(C)c1OCCCC(=O)N1c2ccc(S(N)(=O)=O)cc2NC(=O)C1c1ccccc1. The highest BCUT2D eigenvalue weighted by molar-refractivity contribution is 7.89. The number of rotatable bonds is 7. The van der Waals surface area contributed by atoms with Crippen LogP contribution < -0.4 is 20.1 Å². The molecule has 0 saturated carbocycles. The van der Waals surface area contributed by atoms with Crippen molar-refractivity contribution in [3.8, 4) is 5.75 Å². The first kappa shape index (κ1) is 24.4. The third kappa shape index (κ3) is 5.21. The number of primary sulfonamides is 1. The summed E-state index contributed by atoms with van der Waals surface area (Å²) in [5.74, 6) is 0.0964. The molecule has 3 aromatic rings. The van der Waals surface area contributed by atoms with Crippen LogP contribution in [0.2, 0.25) is 0 Å². The zero-order valence-electron chi connectivity index (χ0n) is 19.5. The summed E-state index contributed by atoms with van der Waals surface area (Å²) in [6, 6.07) is 18.1. The number of hydrogen-bond acceptors (Lipinski definition) is 5. The molecule has 3 N–H and O–H groups in total. The van der Waals surface area contributed by atoms with Crippen molar-refractivity contribution in [2.45, 2.75) is 37.6 Å². The van der Waals surface area contributed by atoms with Gasteiger partial charge in [-0.2, -0.15) is 0 Å². The lowest BCUT2D eigenvalue weighted by molar-refractivity contribution is -0.124. The molecule has 35 heavy (non-hydrogen) atoms. The van der Waals surface area contributed by atoms with E-state index >= 15 is 0 Å². The fourth-order valence-electron chi connectivity index (χ4n) is 4.22. The predicted molar refractivity (Wildman–Crippen MR) is 134 cm³/mol. The molecule has 8 nitrogen and oxygen atoms in total. The lowest BCUT2D eigenvalue weighted by atomic mass is 9.99. The average molecular weight is 494 g/mol. The van der Waals surface area contributed by atoms with Crippen molar-refractivity contribution in [3.05, 3.63) is 83.4 Å². The maximum atomic E-state index is 13.5. The number of fused-ring (bicyclic) bond motifs is 1. The van der Waals surface area contributed by atoms with Crippen molar-refractivity contribution >= 4 is 33.2 Å². The van der Waals surface area contributed by atoms with Gasteiger partial charge in [0.05, 0.1) is 22.9 Å². The molecular formula is C26H27N3O5S. The Labute approximate surface area is 204 Å². The fourth-order valence-corrected chi connectivity index (χ4v) is 4.76. The first-order valence-electron chi connectivity index (χ1n) is 11.2. The van der Waals surface area contributed by atoms with E-state index in [-0.39, 0.29) is 22.9 Å². The van der Waals surface area contributed by atoms with Crippen LogP contribution in [-0.4, -0.2) is 26.8 Å². The number of para-hydroxylation sites is 1. The van der Waals surface area contributed by atoms with Crippen molar-refractivity contribution in [1.29, 1.82) is 0 Å². The minimum Gasteiger partial charge on any atom is -0.493 e. The topological polar surface area (TPSA) is 119 Å². The van der Waals surface area contributed by atoms with Gasteiger partial charge >= 0.3 is 0 Å². The number of carbonyl (C=O) groups excluding carboxylic acids is 2. The van der Waals surface area contributed by atoms with E-state index < -0.39 is 22.0 Å². The van der Waals surface area contributed by atoms with Gasteiger partial charge in [-0.15, -0.1) is 0 Å². The number of amides is 2. The van der Waals surface area contributed by atoms with Gasteiger partial charge < -0.3 is 10.1 Å².